The Kier molecular flexibility index (Phi) is 4.34. The maximum atomic E-state index is 10.4. The van der Waals surface area contributed by atoms with E-state index < -0.39 is 6.10 Å². The van der Waals surface area contributed by atoms with Crippen LogP contribution < -0.4 is 9.47 Å². The third-order valence-electron chi connectivity index (χ3n) is 3.74. The van der Waals surface area contributed by atoms with E-state index in [0.717, 1.165) is 25.9 Å². The van der Waals surface area contributed by atoms with Gasteiger partial charge in [-0.15, -0.1) is 0 Å². The molecule has 2 aliphatic rings. The third kappa shape index (κ3) is 3.03. The molecule has 0 aliphatic carbocycles. The van der Waals surface area contributed by atoms with Crippen molar-refractivity contribution in [3.63, 3.8) is 0 Å². The van der Waals surface area contributed by atoms with Crippen LogP contribution in [-0.2, 0) is 4.74 Å². The summed E-state index contributed by atoms with van der Waals surface area (Å²) < 4.78 is 16.8. The van der Waals surface area contributed by atoms with Gasteiger partial charge in [0, 0.05) is 31.1 Å². The van der Waals surface area contributed by atoms with Crippen molar-refractivity contribution < 1.29 is 19.3 Å². The van der Waals surface area contributed by atoms with Gasteiger partial charge in [-0.25, -0.2) is 0 Å². The molecule has 0 saturated carbocycles. The molecule has 110 valence electrons. The zero-order valence-corrected chi connectivity index (χ0v) is 12.1. The van der Waals surface area contributed by atoms with Gasteiger partial charge in [-0.2, -0.15) is 0 Å². The van der Waals surface area contributed by atoms with E-state index in [0.29, 0.717) is 41.7 Å². The van der Waals surface area contributed by atoms with Crippen LogP contribution in [0.15, 0.2) is 12.1 Å². The highest BCUT2D eigenvalue weighted by molar-refractivity contribution is 6.31. The van der Waals surface area contributed by atoms with Crippen molar-refractivity contribution in [2.75, 3.05) is 19.8 Å². The number of hydrogen-bond acceptors (Lipinski definition) is 4. The summed E-state index contributed by atoms with van der Waals surface area (Å²) in [6.45, 7) is 2.03. The summed E-state index contributed by atoms with van der Waals surface area (Å²) in [7, 11) is 0. The second kappa shape index (κ2) is 6.20. The van der Waals surface area contributed by atoms with E-state index in [1.165, 1.54) is 0 Å². The largest absolute Gasteiger partial charge is 0.490 e. The summed E-state index contributed by atoms with van der Waals surface area (Å²) in [5.41, 5.74) is 0.686. The molecule has 0 amide bonds. The number of aliphatic hydroxyl groups excluding tert-OH is 1. The number of fused-ring (bicyclic) bond motifs is 1. The van der Waals surface area contributed by atoms with Gasteiger partial charge in [-0.3, -0.25) is 0 Å². The number of halogens is 1. The first kappa shape index (κ1) is 14.0. The zero-order valence-electron chi connectivity index (χ0n) is 11.3. The van der Waals surface area contributed by atoms with Crippen molar-refractivity contribution in [2.45, 2.75) is 37.9 Å². The van der Waals surface area contributed by atoms with E-state index in [-0.39, 0.29) is 6.10 Å². The maximum absolute atomic E-state index is 10.4. The Bertz CT molecular complexity index is 471. The summed E-state index contributed by atoms with van der Waals surface area (Å²) in [5, 5.41) is 10.9. The van der Waals surface area contributed by atoms with Gasteiger partial charge in [0.05, 0.1) is 30.4 Å². The Morgan fingerprint density at radius 3 is 2.60 bits per heavy atom. The lowest BCUT2D eigenvalue weighted by atomic mass is 10.0. The fourth-order valence-corrected chi connectivity index (χ4v) is 2.94. The van der Waals surface area contributed by atoms with Gasteiger partial charge in [-0.1, -0.05) is 11.6 Å². The first-order chi connectivity index (χ1) is 9.74. The third-order valence-corrected chi connectivity index (χ3v) is 4.06. The Morgan fingerprint density at radius 2 is 1.90 bits per heavy atom. The van der Waals surface area contributed by atoms with E-state index in [2.05, 4.69) is 0 Å². The molecule has 2 atom stereocenters. The molecule has 4 nitrogen and oxygen atoms in total. The second-order valence-corrected chi connectivity index (χ2v) is 5.66. The number of hydrogen-bond donors (Lipinski definition) is 1. The summed E-state index contributed by atoms with van der Waals surface area (Å²) in [4.78, 5) is 0. The highest BCUT2D eigenvalue weighted by Gasteiger charge is 2.24. The molecule has 1 aromatic rings. The number of ether oxygens (including phenoxy) is 3. The molecule has 20 heavy (non-hydrogen) atoms. The molecule has 1 aromatic carbocycles. The SMILES string of the molecule is OC(CC1CCCO1)c1cc2c(cc1Cl)OCCCO2. The summed E-state index contributed by atoms with van der Waals surface area (Å²) >= 11 is 6.26. The monoisotopic (exact) mass is 298 g/mol. The zero-order chi connectivity index (χ0) is 13.9. The van der Waals surface area contributed by atoms with Crippen LogP contribution in [0.4, 0.5) is 0 Å². The van der Waals surface area contributed by atoms with Gasteiger partial charge < -0.3 is 19.3 Å². The second-order valence-electron chi connectivity index (χ2n) is 5.26. The molecule has 3 rings (SSSR count). The highest BCUT2D eigenvalue weighted by Crippen LogP contribution is 2.39. The predicted octanol–water partition coefficient (Wildman–Crippen LogP) is 3.10. The van der Waals surface area contributed by atoms with Crippen molar-refractivity contribution in [3.05, 3.63) is 22.7 Å². The maximum Gasteiger partial charge on any atom is 0.162 e. The van der Waals surface area contributed by atoms with Crippen LogP contribution in [0.1, 0.15) is 37.4 Å². The minimum absolute atomic E-state index is 0.122. The van der Waals surface area contributed by atoms with Crippen molar-refractivity contribution in [1.82, 2.24) is 0 Å². The molecule has 1 fully saturated rings. The minimum Gasteiger partial charge on any atom is -0.490 e. The average Bonchev–Trinajstić information content (AvgIpc) is 2.82. The topological polar surface area (TPSA) is 47.9 Å². The lowest BCUT2D eigenvalue weighted by Crippen LogP contribution is -2.11. The lowest BCUT2D eigenvalue weighted by Gasteiger charge is -2.18. The molecule has 0 spiro atoms. The van der Waals surface area contributed by atoms with Crippen LogP contribution >= 0.6 is 11.6 Å². The normalized spacial score (nSPS) is 23.4. The fourth-order valence-electron chi connectivity index (χ4n) is 2.66. The quantitative estimate of drug-likeness (QED) is 0.931. The van der Waals surface area contributed by atoms with Gasteiger partial charge in [0.1, 0.15) is 0 Å². The first-order valence-electron chi connectivity index (χ1n) is 7.13. The van der Waals surface area contributed by atoms with Crippen molar-refractivity contribution in [1.29, 1.82) is 0 Å². The highest BCUT2D eigenvalue weighted by atomic mass is 35.5. The van der Waals surface area contributed by atoms with Crippen LogP contribution in [0, 0.1) is 0 Å². The molecule has 2 unspecified atom stereocenters. The van der Waals surface area contributed by atoms with Gasteiger partial charge in [0.2, 0.25) is 0 Å². The van der Waals surface area contributed by atoms with E-state index in [4.69, 9.17) is 25.8 Å². The molecule has 0 aromatic heterocycles. The van der Waals surface area contributed by atoms with E-state index in [9.17, 15) is 5.11 Å². The summed E-state index contributed by atoms with van der Waals surface area (Å²) in [6, 6.07) is 3.53. The Hall–Kier alpha value is -0.970. The van der Waals surface area contributed by atoms with Crippen LogP contribution in [0.5, 0.6) is 11.5 Å². The van der Waals surface area contributed by atoms with Gasteiger partial charge in [-0.05, 0) is 18.9 Å². The Labute approximate surface area is 123 Å². The van der Waals surface area contributed by atoms with Crippen molar-refractivity contribution in [3.8, 4) is 11.5 Å². The summed E-state index contributed by atoms with van der Waals surface area (Å²) in [6.07, 6.45) is 2.96. The smallest absolute Gasteiger partial charge is 0.162 e. The van der Waals surface area contributed by atoms with E-state index in [1.54, 1.807) is 12.1 Å². The fraction of sp³-hybridized carbons (Fsp3) is 0.600. The molecule has 1 saturated heterocycles. The number of rotatable bonds is 3. The standard InChI is InChI=1S/C15H19ClO4/c16-12-9-15-14(19-5-2-6-20-15)8-11(12)13(17)7-10-3-1-4-18-10/h8-10,13,17H,1-7H2. The Balaban J connectivity index is 1.79. The van der Waals surface area contributed by atoms with E-state index >= 15 is 0 Å². The van der Waals surface area contributed by atoms with E-state index in [1.807, 2.05) is 0 Å². The van der Waals surface area contributed by atoms with Gasteiger partial charge in [0.15, 0.2) is 11.5 Å². The lowest BCUT2D eigenvalue weighted by molar-refractivity contribution is 0.0534. The number of aliphatic hydroxyl groups is 1. The molecular formula is C15H19ClO4. The Morgan fingerprint density at radius 1 is 1.15 bits per heavy atom. The van der Waals surface area contributed by atoms with Crippen molar-refractivity contribution in [2.24, 2.45) is 0 Å². The first-order valence-corrected chi connectivity index (χ1v) is 7.50. The molecule has 5 heteroatoms. The van der Waals surface area contributed by atoms with Crippen LogP contribution in [0.25, 0.3) is 0 Å². The van der Waals surface area contributed by atoms with Crippen LogP contribution in [0.3, 0.4) is 0 Å². The van der Waals surface area contributed by atoms with Crippen LogP contribution in [-0.4, -0.2) is 31.0 Å². The summed E-state index contributed by atoms with van der Waals surface area (Å²) in [5.74, 6) is 1.31. The van der Waals surface area contributed by atoms with Gasteiger partial charge >= 0.3 is 0 Å². The molecule has 1 N–H and O–H groups in total. The molecule has 2 aliphatic heterocycles. The average molecular weight is 299 g/mol. The molecule has 0 bridgehead atoms. The predicted molar refractivity (Wildman–Crippen MR) is 75.6 cm³/mol. The molecule has 0 radical (unpaired) electrons. The minimum atomic E-state index is -0.636. The van der Waals surface area contributed by atoms with Crippen LogP contribution in [0.2, 0.25) is 5.02 Å². The molecular weight excluding hydrogens is 280 g/mol. The number of benzene rings is 1. The molecule has 2 heterocycles. The van der Waals surface area contributed by atoms with Crippen molar-refractivity contribution >= 4 is 11.6 Å². The van der Waals surface area contributed by atoms with Gasteiger partial charge in [0.25, 0.3) is 0 Å².